The van der Waals surface area contributed by atoms with Crippen LogP contribution >= 0.6 is 11.6 Å². The minimum atomic E-state index is -0.177. The van der Waals surface area contributed by atoms with Crippen molar-refractivity contribution in [2.24, 2.45) is 0 Å². The Morgan fingerprint density at radius 2 is 2.11 bits per heavy atom. The summed E-state index contributed by atoms with van der Waals surface area (Å²) in [4.78, 5) is 18.8. The molecule has 1 saturated heterocycles. The molecule has 2 aliphatic rings. The number of aromatic nitrogens is 1. The number of fused-ring (bicyclic) bond motifs is 1. The molecule has 1 N–H and O–H groups in total. The molecule has 0 bridgehead atoms. The van der Waals surface area contributed by atoms with Gasteiger partial charge in [-0.25, -0.2) is 4.98 Å². The van der Waals surface area contributed by atoms with Gasteiger partial charge in [-0.1, -0.05) is 11.6 Å². The number of carbonyl (C=O) groups is 1. The third-order valence-electron chi connectivity index (χ3n) is 4.58. The molecule has 1 fully saturated rings. The van der Waals surface area contributed by atoms with E-state index < -0.39 is 0 Å². The molecule has 6 nitrogen and oxygen atoms in total. The SMILES string of the molecule is O=C(/C=C/c1cc(Cl)c2c(c1)OCO2)NCc1ccnc(N2CCCC2)c1. The molecule has 0 radical (unpaired) electrons. The van der Waals surface area contributed by atoms with E-state index in [0.717, 1.165) is 30.0 Å². The summed E-state index contributed by atoms with van der Waals surface area (Å²) >= 11 is 6.15. The highest BCUT2D eigenvalue weighted by molar-refractivity contribution is 6.32. The van der Waals surface area contributed by atoms with Crippen LogP contribution in [0, 0.1) is 0 Å². The molecule has 1 aromatic carbocycles. The Kier molecular flexibility index (Phi) is 5.16. The Hall–Kier alpha value is -2.73. The van der Waals surface area contributed by atoms with Crippen LogP contribution in [-0.4, -0.2) is 30.8 Å². The molecule has 0 atom stereocenters. The molecule has 7 heteroatoms. The zero-order valence-corrected chi connectivity index (χ0v) is 15.5. The lowest BCUT2D eigenvalue weighted by Crippen LogP contribution is -2.22. The minimum absolute atomic E-state index is 0.161. The molecular formula is C20H20ClN3O3. The van der Waals surface area contributed by atoms with Crippen molar-refractivity contribution >= 4 is 29.4 Å². The van der Waals surface area contributed by atoms with Gasteiger partial charge in [0.15, 0.2) is 11.5 Å². The number of carbonyl (C=O) groups excluding carboxylic acids is 1. The first-order chi connectivity index (χ1) is 13.2. The highest BCUT2D eigenvalue weighted by atomic mass is 35.5. The summed E-state index contributed by atoms with van der Waals surface area (Å²) < 4.78 is 10.6. The summed E-state index contributed by atoms with van der Waals surface area (Å²) in [5.74, 6) is 1.94. The number of nitrogens with one attached hydrogen (secondary N) is 1. The monoisotopic (exact) mass is 385 g/mol. The van der Waals surface area contributed by atoms with Gasteiger partial charge in [0.05, 0.1) is 5.02 Å². The Labute approximate surface area is 162 Å². The van der Waals surface area contributed by atoms with E-state index in [9.17, 15) is 4.79 Å². The lowest BCUT2D eigenvalue weighted by atomic mass is 10.2. The van der Waals surface area contributed by atoms with E-state index in [2.05, 4.69) is 15.2 Å². The van der Waals surface area contributed by atoms with Crippen LogP contribution in [0.25, 0.3) is 6.08 Å². The number of pyridine rings is 1. The average Bonchev–Trinajstić information content (AvgIpc) is 3.37. The largest absolute Gasteiger partial charge is 0.454 e. The van der Waals surface area contributed by atoms with Gasteiger partial charge in [-0.3, -0.25) is 4.79 Å². The molecule has 0 aliphatic carbocycles. The van der Waals surface area contributed by atoms with Crippen molar-refractivity contribution in [1.82, 2.24) is 10.3 Å². The van der Waals surface area contributed by atoms with Gasteiger partial charge in [0.2, 0.25) is 12.7 Å². The number of nitrogens with zero attached hydrogens (tertiary/aromatic N) is 2. The second-order valence-electron chi connectivity index (χ2n) is 6.50. The van der Waals surface area contributed by atoms with Crippen molar-refractivity contribution in [2.45, 2.75) is 19.4 Å². The third kappa shape index (κ3) is 4.17. The first kappa shape index (κ1) is 17.7. The average molecular weight is 386 g/mol. The van der Waals surface area contributed by atoms with E-state index in [-0.39, 0.29) is 12.7 Å². The molecule has 27 heavy (non-hydrogen) atoms. The number of hydrogen-bond acceptors (Lipinski definition) is 5. The zero-order valence-electron chi connectivity index (χ0n) is 14.8. The second kappa shape index (κ2) is 7.88. The first-order valence-electron chi connectivity index (χ1n) is 8.94. The highest BCUT2D eigenvalue weighted by Gasteiger charge is 2.17. The lowest BCUT2D eigenvalue weighted by molar-refractivity contribution is -0.116. The summed E-state index contributed by atoms with van der Waals surface area (Å²) in [6.07, 6.45) is 7.38. The number of hydrogen-bond donors (Lipinski definition) is 1. The maximum atomic E-state index is 12.1. The predicted octanol–water partition coefficient (Wildman–Crippen LogP) is 3.39. The van der Waals surface area contributed by atoms with Crippen LogP contribution in [0.2, 0.25) is 5.02 Å². The van der Waals surface area contributed by atoms with Crippen LogP contribution < -0.4 is 19.7 Å². The molecule has 1 amide bonds. The fourth-order valence-electron chi connectivity index (χ4n) is 3.19. The zero-order chi connectivity index (χ0) is 18.6. The maximum absolute atomic E-state index is 12.1. The van der Waals surface area contributed by atoms with Crippen LogP contribution in [0.5, 0.6) is 11.5 Å². The van der Waals surface area contributed by atoms with Crippen molar-refractivity contribution < 1.29 is 14.3 Å². The van der Waals surface area contributed by atoms with Gasteiger partial charge in [0.1, 0.15) is 5.82 Å². The van der Waals surface area contributed by atoms with E-state index in [4.69, 9.17) is 21.1 Å². The Morgan fingerprint density at radius 3 is 2.96 bits per heavy atom. The Balaban J connectivity index is 1.35. The van der Waals surface area contributed by atoms with Crippen molar-refractivity contribution in [1.29, 1.82) is 0 Å². The molecule has 0 spiro atoms. The number of halogens is 1. The van der Waals surface area contributed by atoms with Gasteiger partial charge >= 0.3 is 0 Å². The summed E-state index contributed by atoms with van der Waals surface area (Å²) in [6.45, 7) is 2.70. The minimum Gasteiger partial charge on any atom is -0.454 e. The molecule has 140 valence electrons. The van der Waals surface area contributed by atoms with Crippen LogP contribution in [0.4, 0.5) is 5.82 Å². The van der Waals surface area contributed by atoms with Crippen LogP contribution in [-0.2, 0) is 11.3 Å². The van der Waals surface area contributed by atoms with Gasteiger partial charge in [0.25, 0.3) is 0 Å². The van der Waals surface area contributed by atoms with Crippen LogP contribution in [0.15, 0.2) is 36.5 Å². The van der Waals surface area contributed by atoms with Gasteiger partial charge in [-0.15, -0.1) is 0 Å². The van der Waals surface area contributed by atoms with E-state index in [1.54, 1.807) is 24.4 Å². The number of anilines is 1. The smallest absolute Gasteiger partial charge is 0.244 e. The molecular weight excluding hydrogens is 366 g/mol. The molecule has 2 aliphatic heterocycles. The van der Waals surface area contributed by atoms with Crippen molar-refractivity contribution in [2.75, 3.05) is 24.8 Å². The quantitative estimate of drug-likeness (QED) is 0.799. The molecule has 1 aromatic heterocycles. The number of ether oxygens (including phenoxy) is 2. The Morgan fingerprint density at radius 1 is 1.26 bits per heavy atom. The van der Waals surface area contributed by atoms with E-state index in [1.807, 2.05) is 12.1 Å². The topological polar surface area (TPSA) is 63.7 Å². The van der Waals surface area contributed by atoms with Gasteiger partial charge < -0.3 is 19.7 Å². The molecule has 0 unspecified atom stereocenters. The Bertz CT molecular complexity index is 879. The van der Waals surface area contributed by atoms with Gasteiger partial charge in [-0.05, 0) is 54.3 Å². The molecule has 3 heterocycles. The third-order valence-corrected chi connectivity index (χ3v) is 4.86. The number of amides is 1. The van der Waals surface area contributed by atoms with Crippen molar-refractivity contribution in [3.63, 3.8) is 0 Å². The summed E-state index contributed by atoms with van der Waals surface area (Å²) in [5, 5.41) is 3.36. The highest BCUT2D eigenvalue weighted by Crippen LogP contribution is 2.40. The van der Waals surface area contributed by atoms with E-state index in [0.29, 0.717) is 23.1 Å². The molecule has 0 saturated carbocycles. The standard InChI is InChI=1S/C20H20ClN3O3/c21-16-9-14(10-17-20(16)27-13-26-17)3-4-19(25)23-12-15-5-6-22-18(11-15)24-7-1-2-8-24/h3-6,9-11H,1-2,7-8,12-13H2,(H,23,25)/b4-3+. The number of benzene rings is 1. The molecule has 4 rings (SSSR count). The van der Waals surface area contributed by atoms with Crippen molar-refractivity contribution in [3.8, 4) is 11.5 Å². The second-order valence-corrected chi connectivity index (χ2v) is 6.91. The summed E-state index contributed by atoms with van der Waals surface area (Å²) in [7, 11) is 0. The van der Waals surface area contributed by atoms with Crippen molar-refractivity contribution in [3.05, 3.63) is 52.7 Å². The van der Waals surface area contributed by atoms with E-state index >= 15 is 0 Å². The van der Waals surface area contributed by atoms with Gasteiger partial charge in [-0.2, -0.15) is 0 Å². The predicted molar refractivity (Wildman–Crippen MR) is 104 cm³/mol. The lowest BCUT2D eigenvalue weighted by Gasteiger charge is -2.16. The fraction of sp³-hybridized carbons (Fsp3) is 0.300. The van der Waals surface area contributed by atoms with Crippen LogP contribution in [0.1, 0.15) is 24.0 Å². The maximum Gasteiger partial charge on any atom is 0.244 e. The first-order valence-corrected chi connectivity index (χ1v) is 9.32. The van der Waals surface area contributed by atoms with Crippen LogP contribution in [0.3, 0.4) is 0 Å². The normalized spacial score (nSPS) is 15.5. The number of rotatable bonds is 5. The summed E-state index contributed by atoms with van der Waals surface area (Å²) in [6, 6.07) is 7.49. The fourth-order valence-corrected chi connectivity index (χ4v) is 3.47. The van der Waals surface area contributed by atoms with E-state index in [1.165, 1.54) is 18.9 Å². The van der Waals surface area contributed by atoms with Gasteiger partial charge in [0, 0.05) is 31.9 Å². The summed E-state index contributed by atoms with van der Waals surface area (Å²) in [5.41, 5.74) is 1.81. The molecule has 2 aromatic rings.